The van der Waals surface area contributed by atoms with E-state index in [0.29, 0.717) is 5.69 Å². The summed E-state index contributed by atoms with van der Waals surface area (Å²) in [6, 6.07) is 12.4. The van der Waals surface area contributed by atoms with Crippen molar-refractivity contribution in [3.8, 4) is 0 Å². The molecule has 0 spiro atoms. The Balaban J connectivity index is 1.84. The van der Waals surface area contributed by atoms with Crippen LogP contribution in [0.25, 0.3) is 0 Å². The second kappa shape index (κ2) is 5.92. The highest BCUT2D eigenvalue weighted by Crippen LogP contribution is 2.24. The molecule has 1 atom stereocenters. The Kier molecular flexibility index (Phi) is 3.80. The van der Waals surface area contributed by atoms with Gasteiger partial charge in [-0.25, -0.2) is 0 Å². The molecule has 0 amide bonds. The van der Waals surface area contributed by atoms with E-state index in [1.807, 2.05) is 37.3 Å². The molecule has 2 aromatic carbocycles. The number of nitrogens with one attached hydrogen (secondary N) is 3. The number of H-pyrrole nitrogens is 1. The minimum absolute atomic E-state index is 0.126. The van der Waals surface area contributed by atoms with Gasteiger partial charge >= 0.3 is 0 Å². The summed E-state index contributed by atoms with van der Waals surface area (Å²) in [7, 11) is 0. The van der Waals surface area contributed by atoms with E-state index in [0.717, 1.165) is 5.56 Å². The fraction of sp³-hybridized carbons (Fsp3) is 0.118. The van der Waals surface area contributed by atoms with Crippen LogP contribution in [0.15, 0.2) is 63.0 Å². The van der Waals surface area contributed by atoms with Crippen molar-refractivity contribution in [3.63, 3.8) is 0 Å². The third-order valence-corrected chi connectivity index (χ3v) is 3.62. The molecule has 0 aliphatic carbocycles. The summed E-state index contributed by atoms with van der Waals surface area (Å²) in [5, 5.41) is 5.89. The van der Waals surface area contributed by atoms with Crippen molar-refractivity contribution in [1.82, 2.24) is 4.98 Å². The summed E-state index contributed by atoms with van der Waals surface area (Å²) in [5.74, 6) is 0. The SMILES string of the molecule is CC(Nc1c(Nc2cc[nH]c(=O)c2)c(=O)c1=O)c1ccccc1. The van der Waals surface area contributed by atoms with Crippen molar-refractivity contribution < 1.29 is 0 Å². The predicted molar refractivity (Wildman–Crippen MR) is 90.2 cm³/mol. The number of aromatic nitrogens is 1. The fourth-order valence-electron chi connectivity index (χ4n) is 2.36. The number of aromatic amines is 1. The first-order chi connectivity index (χ1) is 11.1. The molecule has 3 N–H and O–H groups in total. The molecule has 0 fully saturated rings. The summed E-state index contributed by atoms with van der Waals surface area (Å²) in [6.07, 6.45) is 1.47. The Labute approximate surface area is 131 Å². The van der Waals surface area contributed by atoms with Crippen LogP contribution in [0.2, 0.25) is 0 Å². The van der Waals surface area contributed by atoms with Crippen LogP contribution < -0.4 is 27.1 Å². The Morgan fingerprint density at radius 2 is 1.65 bits per heavy atom. The maximum absolute atomic E-state index is 11.8. The van der Waals surface area contributed by atoms with Gasteiger partial charge in [-0.05, 0) is 18.6 Å². The smallest absolute Gasteiger partial charge is 0.253 e. The summed E-state index contributed by atoms with van der Waals surface area (Å²) >= 11 is 0. The molecule has 3 rings (SSSR count). The second-order valence-corrected chi connectivity index (χ2v) is 5.25. The molecule has 0 radical (unpaired) electrons. The lowest BCUT2D eigenvalue weighted by Crippen LogP contribution is -2.37. The number of hydrogen-bond acceptors (Lipinski definition) is 5. The van der Waals surface area contributed by atoms with Gasteiger partial charge in [0.1, 0.15) is 11.4 Å². The highest BCUT2D eigenvalue weighted by molar-refractivity contribution is 5.78. The maximum atomic E-state index is 11.8. The summed E-state index contributed by atoms with van der Waals surface area (Å²) in [4.78, 5) is 37.4. The van der Waals surface area contributed by atoms with Crippen LogP contribution >= 0.6 is 0 Å². The minimum Gasteiger partial charge on any atom is -0.373 e. The van der Waals surface area contributed by atoms with Crippen molar-refractivity contribution >= 4 is 17.1 Å². The summed E-state index contributed by atoms with van der Waals surface area (Å²) in [6.45, 7) is 1.91. The molecule has 0 bridgehead atoms. The van der Waals surface area contributed by atoms with Gasteiger partial charge in [0.25, 0.3) is 10.9 Å². The van der Waals surface area contributed by atoms with Crippen LogP contribution in [0.1, 0.15) is 18.5 Å². The Morgan fingerprint density at radius 3 is 2.35 bits per heavy atom. The van der Waals surface area contributed by atoms with Crippen molar-refractivity contribution in [2.24, 2.45) is 0 Å². The molecule has 116 valence electrons. The highest BCUT2D eigenvalue weighted by atomic mass is 16.2. The number of hydrogen-bond donors (Lipinski definition) is 3. The largest absolute Gasteiger partial charge is 0.373 e. The van der Waals surface area contributed by atoms with Crippen LogP contribution in [-0.2, 0) is 0 Å². The number of rotatable bonds is 5. The van der Waals surface area contributed by atoms with Crippen LogP contribution in [0, 0.1) is 0 Å². The van der Waals surface area contributed by atoms with Gasteiger partial charge < -0.3 is 15.6 Å². The first-order valence-electron chi connectivity index (χ1n) is 7.17. The number of anilines is 3. The molecule has 1 heterocycles. The summed E-state index contributed by atoms with van der Waals surface area (Å²) < 4.78 is 0. The summed E-state index contributed by atoms with van der Waals surface area (Å²) in [5.41, 5.74) is 0.447. The first kappa shape index (κ1) is 14.8. The average Bonchev–Trinajstić information content (AvgIpc) is 2.58. The third kappa shape index (κ3) is 2.91. The quantitative estimate of drug-likeness (QED) is 0.626. The standard InChI is InChI=1S/C17H15N3O3/c1-10(11-5-3-2-4-6-11)19-14-15(17(23)16(14)22)20-12-7-8-18-13(21)9-12/h2-10,19H,1H3,(H2,18,20,21). The first-order valence-corrected chi connectivity index (χ1v) is 7.17. The molecule has 6 nitrogen and oxygen atoms in total. The van der Waals surface area contributed by atoms with Gasteiger partial charge in [0.15, 0.2) is 0 Å². The van der Waals surface area contributed by atoms with Crippen molar-refractivity contribution in [2.75, 3.05) is 10.6 Å². The van der Waals surface area contributed by atoms with Gasteiger partial charge in [-0.2, -0.15) is 0 Å². The van der Waals surface area contributed by atoms with E-state index in [-0.39, 0.29) is 23.0 Å². The van der Waals surface area contributed by atoms with Gasteiger partial charge in [0.2, 0.25) is 5.56 Å². The van der Waals surface area contributed by atoms with Gasteiger partial charge in [-0.3, -0.25) is 14.4 Å². The molecule has 0 saturated heterocycles. The molecule has 0 saturated carbocycles. The van der Waals surface area contributed by atoms with E-state index in [9.17, 15) is 14.4 Å². The zero-order valence-electron chi connectivity index (χ0n) is 12.4. The van der Waals surface area contributed by atoms with Gasteiger partial charge in [0.05, 0.1) is 0 Å². The van der Waals surface area contributed by atoms with Crippen LogP contribution in [-0.4, -0.2) is 4.98 Å². The molecule has 0 aliphatic heterocycles. The monoisotopic (exact) mass is 309 g/mol. The molecule has 6 heteroatoms. The topological polar surface area (TPSA) is 91.1 Å². The van der Waals surface area contributed by atoms with Gasteiger partial charge in [0, 0.05) is 24.0 Å². The lowest BCUT2D eigenvalue weighted by Gasteiger charge is -2.19. The fourth-order valence-corrected chi connectivity index (χ4v) is 2.36. The molecule has 1 aromatic heterocycles. The second-order valence-electron chi connectivity index (χ2n) is 5.25. The Morgan fingerprint density at radius 1 is 0.957 bits per heavy atom. The third-order valence-electron chi connectivity index (χ3n) is 3.62. The van der Waals surface area contributed by atoms with E-state index < -0.39 is 10.9 Å². The zero-order chi connectivity index (χ0) is 16.4. The minimum atomic E-state index is -0.590. The number of pyridine rings is 1. The van der Waals surface area contributed by atoms with Gasteiger partial charge in [-0.15, -0.1) is 0 Å². The number of benzene rings is 1. The van der Waals surface area contributed by atoms with E-state index in [4.69, 9.17) is 0 Å². The zero-order valence-corrected chi connectivity index (χ0v) is 12.4. The lowest BCUT2D eigenvalue weighted by atomic mass is 10.1. The average molecular weight is 309 g/mol. The molecular formula is C17H15N3O3. The van der Waals surface area contributed by atoms with Crippen LogP contribution in [0.4, 0.5) is 17.1 Å². The lowest BCUT2D eigenvalue weighted by molar-refractivity contribution is 0.880. The molecule has 3 aromatic rings. The normalized spacial score (nSPS) is 12.0. The van der Waals surface area contributed by atoms with Crippen LogP contribution in [0.5, 0.6) is 0 Å². The highest BCUT2D eigenvalue weighted by Gasteiger charge is 2.22. The van der Waals surface area contributed by atoms with Gasteiger partial charge in [-0.1, -0.05) is 30.3 Å². The van der Waals surface area contributed by atoms with E-state index in [1.54, 1.807) is 6.07 Å². The Hall–Kier alpha value is -3.15. The van der Waals surface area contributed by atoms with E-state index >= 15 is 0 Å². The maximum Gasteiger partial charge on any atom is 0.253 e. The molecule has 23 heavy (non-hydrogen) atoms. The van der Waals surface area contributed by atoms with Crippen molar-refractivity contribution in [3.05, 3.63) is 85.0 Å². The van der Waals surface area contributed by atoms with Crippen molar-refractivity contribution in [2.45, 2.75) is 13.0 Å². The van der Waals surface area contributed by atoms with E-state index in [1.165, 1.54) is 12.3 Å². The van der Waals surface area contributed by atoms with Crippen molar-refractivity contribution in [1.29, 1.82) is 0 Å². The molecule has 0 aliphatic rings. The predicted octanol–water partition coefficient (Wildman–Crippen LogP) is 1.89. The molecule has 1 unspecified atom stereocenters. The van der Waals surface area contributed by atoms with E-state index in [2.05, 4.69) is 15.6 Å². The Bertz CT molecular complexity index is 953. The van der Waals surface area contributed by atoms with Crippen LogP contribution in [0.3, 0.4) is 0 Å². The molecular weight excluding hydrogens is 294 g/mol.